The van der Waals surface area contributed by atoms with Gasteiger partial charge in [0.05, 0.1) is 18.7 Å². The quantitative estimate of drug-likeness (QED) is 0.650. The average Bonchev–Trinajstić information content (AvgIpc) is 3.01. The molecule has 2 aromatic carbocycles. The Bertz CT molecular complexity index is 1030. The lowest BCUT2D eigenvalue weighted by molar-refractivity contribution is -0.148. The number of furan rings is 1. The number of rotatable bonds is 6. The lowest BCUT2D eigenvalue weighted by atomic mass is 10.1. The second kappa shape index (κ2) is 8.21. The van der Waals surface area contributed by atoms with Crippen LogP contribution < -0.4 is 5.32 Å². The summed E-state index contributed by atoms with van der Waals surface area (Å²) in [4.78, 5) is 24.0. The minimum absolute atomic E-state index is 0.0362. The number of fused-ring (bicyclic) bond motifs is 1. The van der Waals surface area contributed by atoms with Crippen LogP contribution in [0, 0.1) is 18.6 Å². The van der Waals surface area contributed by atoms with Crippen LogP contribution >= 0.6 is 0 Å². The van der Waals surface area contributed by atoms with E-state index in [2.05, 4.69) is 5.32 Å². The second-order valence-electron chi connectivity index (χ2n) is 6.55. The molecule has 0 saturated carbocycles. The fourth-order valence-electron chi connectivity index (χ4n) is 2.89. The summed E-state index contributed by atoms with van der Waals surface area (Å²) in [6.45, 7) is 2.99. The Labute approximate surface area is 160 Å². The van der Waals surface area contributed by atoms with Crippen molar-refractivity contribution in [3.05, 3.63) is 71.0 Å². The normalized spacial score (nSPS) is 12.0. The minimum atomic E-state index is -0.758. The molecule has 1 aromatic heterocycles. The molecular weight excluding hydrogens is 368 g/mol. The number of halogens is 2. The first-order valence-corrected chi connectivity index (χ1v) is 8.70. The molecule has 0 aliphatic heterocycles. The highest BCUT2D eigenvalue weighted by Gasteiger charge is 2.17. The minimum Gasteiger partial charge on any atom is -0.464 e. The number of esters is 1. The van der Waals surface area contributed by atoms with Gasteiger partial charge in [0.1, 0.15) is 17.2 Å². The summed E-state index contributed by atoms with van der Waals surface area (Å²) in [5.74, 6) is -2.63. The van der Waals surface area contributed by atoms with Gasteiger partial charge < -0.3 is 14.5 Å². The molecule has 5 nitrogen and oxygen atoms in total. The molecule has 7 heteroatoms. The number of hydrogen-bond donors (Lipinski definition) is 1. The molecule has 3 rings (SSSR count). The molecule has 3 aromatic rings. The van der Waals surface area contributed by atoms with Crippen LogP contribution in [0.25, 0.3) is 11.0 Å². The Morgan fingerprint density at radius 2 is 1.96 bits per heavy atom. The smallest absolute Gasteiger partial charge is 0.310 e. The van der Waals surface area contributed by atoms with Crippen molar-refractivity contribution in [3.63, 3.8) is 0 Å². The van der Waals surface area contributed by atoms with Crippen LogP contribution in [-0.4, -0.2) is 18.5 Å². The largest absolute Gasteiger partial charge is 0.464 e. The van der Waals surface area contributed by atoms with Gasteiger partial charge in [-0.15, -0.1) is 0 Å². The first-order chi connectivity index (χ1) is 13.3. The van der Waals surface area contributed by atoms with Crippen LogP contribution in [0.15, 0.2) is 47.1 Å². The van der Waals surface area contributed by atoms with Crippen LogP contribution in [0.5, 0.6) is 0 Å². The summed E-state index contributed by atoms with van der Waals surface area (Å²) in [6.07, 6.45) is 1.45. The molecule has 0 spiro atoms. The van der Waals surface area contributed by atoms with Gasteiger partial charge in [-0.1, -0.05) is 18.2 Å². The van der Waals surface area contributed by atoms with E-state index in [9.17, 15) is 18.4 Å². The van der Waals surface area contributed by atoms with Crippen molar-refractivity contribution in [2.75, 3.05) is 6.61 Å². The number of benzene rings is 2. The number of amides is 1. The molecule has 146 valence electrons. The monoisotopic (exact) mass is 387 g/mol. The molecule has 0 radical (unpaired) electrons. The van der Waals surface area contributed by atoms with Gasteiger partial charge in [0.15, 0.2) is 6.61 Å². The second-order valence-corrected chi connectivity index (χ2v) is 6.55. The number of ether oxygens (including phenoxy) is 1. The van der Waals surface area contributed by atoms with Crippen LogP contribution in [0.1, 0.15) is 29.7 Å². The maximum Gasteiger partial charge on any atom is 0.310 e. The molecular formula is C21H19F2NO4. The maximum absolute atomic E-state index is 13.7. The van der Waals surface area contributed by atoms with Crippen LogP contribution in [0.4, 0.5) is 8.78 Å². The number of hydrogen-bond acceptors (Lipinski definition) is 4. The Hall–Kier alpha value is -3.22. The van der Waals surface area contributed by atoms with E-state index in [0.717, 1.165) is 23.1 Å². The van der Waals surface area contributed by atoms with E-state index in [1.807, 2.05) is 25.1 Å². The molecule has 1 N–H and O–H groups in total. The summed E-state index contributed by atoms with van der Waals surface area (Å²) < 4.78 is 37.1. The predicted molar refractivity (Wildman–Crippen MR) is 98.5 cm³/mol. The van der Waals surface area contributed by atoms with Crippen molar-refractivity contribution in [3.8, 4) is 0 Å². The summed E-state index contributed by atoms with van der Waals surface area (Å²) in [5.41, 5.74) is 2.53. The van der Waals surface area contributed by atoms with E-state index in [1.165, 1.54) is 12.3 Å². The SMILES string of the molecule is Cc1ccc2c(CC(=O)OCC(=O)N[C@H](C)c3ccc(F)cc3F)coc2c1. The average molecular weight is 387 g/mol. The highest BCUT2D eigenvalue weighted by atomic mass is 19.1. The van der Waals surface area contributed by atoms with E-state index in [4.69, 9.17) is 9.15 Å². The number of nitrogens with one attached hydrogen (secondary N) is 1. The molecule has 0 saturated heterocycles. The van der Waals surface area contributed by atoms with Crippen LogP contribution in [0.2, 0.25) is 0 Å². The molecule has 1 atom stereocenters. The molecule has 1 heterocycles. The maximum atomic E-state index is 13.7. The lowest BCUT2D eigenvalue weighted by Crippen LogP contribution is -2.31. The van der Waals surface area contributed by atoms with Gasteiger partial charge in [-0.3, -0.25) is 9.59 Å². The third-order valence-corrected chi connectivity index (χ3v) is 4.32. The number of aryl methyl sites for hydroxylation is 1. The zero-order chi connectivity index (χ0) is 20.3. The zero-order valence-corrected chi connectivity index (χ0v) is 15.4. The van der Waals surface area contributed by atoms with Gasteiger partial charge in [-0.25, -0.2) is 8.78 Å². The lowest BCUT2D eigenvalue weighted by Gasteiger charge is -2.15. The van der Waals surface area contributed by atoms with E-state index in [-0.39, 0.29) is 12.0 Å². The molecule has 0 bridgehead atoms. The summed E-state index contributed by atoms with van der Waals surface area (Å²) in [5, 5.41) is 3.32. The zero-order valence-electron chi connectivity index (χ0n) is 15.4. The molecule has 0 aliphatic carbocycles. The van der Waals surface area contributed by atoms with Crippen LogP contribution in [-0.2, 0) is 20.7 Å². The number of carbonyl (C=O) groups excluding carboxylic acids is 2. The van der Waals surface area contributed by atoms with E-state index in [1.54, 1.807) is 6.92 Å². The van der Waals surface area contributed by atoms with Crippen molar-refractivity contribution < 1.29 is 27.5 Å². The highest BCUT2D eigenvalue weighted by molar-refractivity contribution is 5.87. The van der Waals surface area contributed by atoms with Crippen molar-refractivity contribution in [1.29, 1.82) is 0 Å². The van der Waals surface area contributed by atoms with E-state index in [0.29, 0.717) is 11.1 Å². The van der Waals surface area contributed by atoms with Gasteiger partial charge in [0, 0.05) is 22.6 Å². The molecule has 0 unspecified atom stereocenters. The standard InChI is InChI=1S/C21H19F2NO4/c1-12-3-5-17-14(10-27-19(17)7-12)8-21(26)28-11-20(25)24-13(2)16-6-4-15(22)9-18(16)23/h3-7,9-10,13H,8,11H2,1-2H3,(H,24,25)/t13-/m1/s1. The Morgan fingerprint density at radius 3 is 2.71 bits per heavy atom. The Balaban J connectivity index is 1.53. The van der Waals surface area contributed by atoms with Gasteiger partial charge in [-0.2, -0.15) is 0 Å². The first kappa shape index (κ1) is 19.5. The molecule has 28 heavy (non-hydrogen) atoms. The fraction of sp³-hybridized carbons (Fsp3) is 0.238. The Kier molecular flexibility index (Phi) is 5.73. The fourth-order valence-corrected chi connectivity index (χ4v) is 2.89. The van der Waals surface area contributed by atoms with E-state index >= 15 is 0 Å². The van der Waals surface area contributed by atoms with Crippen molar-refractivity contribution in [1.82, 2.24) is 5.32 Å². The van der Waals surface area contributed by atoms with Crippen molar-refractivity contribution in [2.24, 2.45) is 0 Å². The summed E-state index contributed by atoms with van der Waals surface area (Å²) in [6, 6.07) is 8.05. The van der Waals surface area contributed by atoms with Gasteiger partial charge >= 0.3 is 5.97 Å². The molecule has 1 amide bonds. The molecule has 0 fully saturated rings. The van der Waals surface area contributed by atoms with Gasteiger partial charge in [0.2, 0.25) is 0 Å². The highest BCUT2D eigenvalue weighted by Crippen LogP contribution is 2.23. The topological polar surface area (TPSA) is 68.5 Å². The van der Waals surface area contributed by atoms with E-state index < -0.39 is 36.2 Å². The third-order valence-electron chi connectivity index (χ3n) is 4.32. The third kappa shape index (κ3) is 4.54. The van der Waals surface area contributed by atoms with Crippen molar-refractivity contribution >= 4 is 22.8 Å². The predicted octanol–water partition coefficient (Wildman–Crippen LogP) is 3.98. The first-order valence-electron chi connectivity index (χ1n) is 8.70. The van der Waals surface area contributed by atoms with Gasteiger partial charge in [0.25, 0.3) is 5.91 Å². The summed E-state index contributed by atoms with van der Waals surface area (Å²) >= 11 is 0. The number of carbonyl (C=O) groups is 2. The van der Waals surface area contributed by atoms with Gasteiger partial charge in [-0.05, 0) is 31.5 Å². The van der Waals surface area contributed by atoms with Crippen LogP contribution in [0.3, 0.4) is 0 Å². The Morgan fingerprint density at radius 1 is 1.18 bits per heavy atom. The summed E-state index contributed by atoms with van der Waals surface area (Å²) in [7, 11) is 0. The van der Waals surface area contributed by atoms with Crippen molar-refractivity contribution in [2.45, 2.75) is 26.3 Å². The molecule has 0 aliphatic rings.